The molecule has 2 amide bonds. The molecule has 0 spiro atoms. The average Bonchev–Trinajstić information content (AvgIpc) is 2.79. The summed E-state index contributed by atoms with van der Waals surface area (Å²) in [5, 5.41) is 2.56. The Hall–Kier alpha value is -3.62. The Bertz CT molecular complexity index is 981. The lowest BCUT2D eigenvalue weighted by Gasteiger charge is -2.25. The van der Waals surface area contributed by atoms with E-state index < -0.39 is 18.4 Å². The van der Waals surface area contributed by atoms with Crippen molar-refractivity contribution in [2.24, 2.45) is 0 Å². The molecule has 0 aliphatic rings. The molecule has 2 aromatic rings. The van der Waals surface area contributed by atoms with Gasteiger partial charge in [0, 0.05) is 31.6 Å². The van der Waals surface area contributed by atoms with Gasteiger partial charge in [0.2, 0.25) is 0 Å². The van der Waals surface area contributed by atoms with Crippen molar-refractivity contribution < 1.29 is 32.7 Å². The predicted molar refractivity (Wildman–Crippen MR) is 113 cm³/mol. The van der Waals surface area contributed by atoms with Crippen molar-refractivity contribution in [1.29, 1.82) is 0 Å². The summed E-state index contributed by atoms with van der Waals surface area (Å²) < 4.78 is 29.5. The molecule has 32 heavy (non-hydrogen) atoms. The number of ether oxygens (including phenoxy) is 1. The van der Waals surface area contributed by atoms with E-state index in [9.17, 15) is 28.0 Å². The van der Waals surface area contributed by atoms with Crippen molar-refractivity contribution >= 4 is 24.4 Å². The number of hydrogen-bond acceptors (Lipinski definition) is 5. The van der Waals surface area contributed by atoms with Crippen LogP contribution in [0.2, 0.25) is 0 Å². The number of carbonyl (C=O) groups excluding carboxylic acids is 4. The summed E-state index contributed by atoms with van der Waals surface area (Å²) in [5.74, 6) is -1.34. The third-order valence-corrected chi connectivity index (χ3v) is 5.02. The number of aldehydes is 2. The Kier molecular flexibility index (Phi) is 9.00. The predicted octanol–water partition coefficient (Wildman–Crippen LogP) is 3.47. The van der Waals surface area contributed by atoms with Crippen molar-refractivity contribution in [3.8, 4) is 5.75 Å². The molecular formula is C23H24F2N2O5. The van der Waals surface area contributed by atoms with Gasteiger partial charge in [-0.25, -0.2) is 0 Å². The molecule has 1 atom stereocenters. The molecule has 0 saturated heterocycles. The van der Waals surface area contributed by atoms with Gasteiger partial charge in [0.25, 0.3) is 11.8 Å². The van der Waals surface area contributed by atoms with E-state index in [1.54, 1.807) is 26.1 Å². The van der Waals surface area contributed by atoms with Gasteiger partial charge in [-0.3, -0.25) is 14.4 Å². The van der Waals surface area contributed by atoms with E-state index in [0.29, 0.717) is 24.7 Å². The Morgan fingerprint density at radius 1 is 1.09 bits per heavy atom. The van der Waals surface area contributed by atoms with Crippen LogP contribution in [0.15, 0.2) is 42.5 Å². The number of amides is 2. The van der Waals surface area contributed by atoms with Crippen molar-refractivity contribution in [3.05, 3.63) is 64.7 Å². The van der Waals surface area contributed by atoms with Gasteiger partial charge in [0.1, 0.15) is 12.0 Å². The maximum Gasteiger partial charge on any atom is 0.387 e. The third-order valence-electron chi connectivity index (χ3n) is 5.02. The third kappa shape index (κ3) is 6.19. The largest absolute Gasteiger partial charge is 0.434 e. The van der Waals surface area contributed by atoms with E-state index in [1.807, 2.05) is 0 Å². The van der Waals surface area contributed by atoms with Crippen LogP contribution in [0, 0.1) is 0 Å². The molecular weight excluding hydrogens is 422 g/mol. The van der Waals surface area contributed by atoms with E-state index in [-0.39, 0.29) is 35.0 Å². The Labute approximate surface area is 184 Å². The Morgan fingerprint density at radius 3 is 2.44 bits per heavy atom. The van der Waals surface area contributed by atoms with Crippen molar-refractivity contribution in [2.75, 3.05) is 7.05 Å². The van der Waals surface area contributed by atoms with Crippen molar-refractivity contribution in [3.63, 3.8) is 0 Å². The summed E-state index contributed by atoms with van der Waals surface area (Å²) in [7, 11) is 1.58. The van der Waals surface area contributed by atoms with Gasteiger partial charge in [-0.05, 0) is 37.1 Å². The fourth-order valence-corrected chi connectivity index (χ4v) is 3.11. The van der Waals surface area contributed by atoms with E-state index in [0.717, 1.165) is 6.29 Å². The Morgan fingerprint density at radius 2 is 1.78 bits per heavy atom. The fraction of sp³-hybridized carbons (Fsp3) is 0.304. The van der Waals surface area contributed by atoms with Crippen molar-refractivity contribution in [1.82, 2.24) is 10.2 Å². The summed E-state index contributed by atoms with van der Waals surface area (Å²) in [6.07, 6.45) is 2.10. The molecule has 9 heteroatoms. The topological polar surface area (TPSA) is 92.8 Å². The lowest BCUT2D eigenvalue weighted by molar-refractivity contribution is -0.108. The summed E-state index contributed by atoms with van der Waals surface area (Å²) >= 11 is 0. The minimum Gasteiger partial charge on any atom is -0.434 e. The van der Waals surface area contributed by atoms with Gasteiger partial charge in [-0.15, -0.1) is 0 Å². The fourth-order valence-electron chi connectivity index (χ4n) is 3.11. The monoisotopic (exact) mass is 446 g/mol. The number of nitrogens with zero attached hydrogens (tertiary/aromatic N) is 1. The zero-order valence-corrected chi connectivity index (χ0v) is 17.7. The molecule has 0 bridgehead atoms. The highest BCUT2D eigenvalue weighted by molar-refractivity contribution is 6.02. The number of rotatable bonds is 11. The molecule has 2 rings (SSSR count). The lowest BCUT2D eigenvalue weighted by atomic mass is 10.00. The van der Waals surface area contributed by atoms with Crippen LogP contribution >= 0.6 is 0 Å². The van der Waals surface area contributed by atoms with Crippen LogP contribution in [0.4, 0.5) is 8.78 Å². The van der Waals surface area contributed by atoms with Gasteiger partial charge in [0.05, 0.1) is 11.1 Å². The SMILES string of the molecule is CC(CCC=O)N(C)C(=O)c1cccc(CNC(=O)c2ccccc2OC(F)F)c1C=O. The molecule has 7 nitrogen and oxygen atoms in total. The summed E-state index contributed by atoms with van der Waals surface area (Å²) in [4.78, 5) is 49.2. The molecule has 0 fully saturated rings. The van der Waals surface area contributed by atoms with Crippen LogP contribution in [0.3, 0.4) is 0 Å². The number of para-hydroxylation sites is 1. The molecule has 0 radical (unpaired) electrons. The minimum absolute atomic E-state index is 0.0866. The highest BCUT2D eigenvalue weighted by atomic mass is 19.3. The van der Waals surface area contributed by atoms with Crippen LogP contribution in [0.5, 0.6) is 5.75 Å². The molecule has 0 aromatic heterocycles. The zero-order valence-electron chi connectivity index (χ0n) is 17.7. The van der Waals surface area contributed by atoms with Gasteiger partial charge in [0.15, 0.2) is 6.29 Å². The van der Waals surface area contributed by atoms with Gasteiger partial charge in [-0.1, -0.05) is 24.3 Å². The normalized spacial score (nSPS) is 11.5. The second kappa shape index (κ2) is 11.7. The van der Waals surface area contributed by atoms with E-state index in [1.165, 1.54) is 35.2 Å². The van der Waals surface area contributed by atoms with Crippen molar-refractivity contribution in [2.45, 2.75) is 39.0 Å². The van der Waals surface area contributed by atoms with E-state index in [4.69, 9.17) is 0 Å². The molecule has 0 aliphatic heterocycles. The van der Waals surface area contributed by atoms with Crippen LogP contribution in [0.25, 0.3) is 0 Å². The second-order valence-electron chi connectivity index (χ2n) is 7.06. The Balaban J connectivity index is 2.20. The lowest BCUT2D eigenvalue weighted by Crippen LogP contribution is -2.36. The molecule has 170 valence electrons. The zero-order chi connectivity index (χ0) is 23.7. The van der Waals surface area contributed by atoms with Gasteiger partial charge < -0.3 is 19.7 Å². The molecule has 1 N–H and O–H groups in total. The second-order valence-corrected chi connectivity index (χ2v) is 7.06. The minimum atomic E-state index is -3.08. The standard InChI is InChI=1S/C23H24F2N2O5/c1-15(7-6-12-28)27(2)22(31)17-10-5-8-16(19(17)14-29)13-26-21(30)18-9-3-4-11-20(18)32-23(24)25/h3-5,8-12,14-15,23H,6-7,13H2,1-2H3,(H,26,30). The first-order valence-corrected chi connectivity index (χ1v) is 9.90. The summed E-state index contributed by atoms with van der Waals surface area (Å²) in [6.45, 7) is -1.40. The number of nitrogens with one attached hydrogen (secondary N) is 1. The quantitative estimate of drug-likeness (QED) is 0.534. The number of alkyl halides is 2. The van der Waals surface area contributed by atoms with Gasteiger partial charge >= 0.3 is 6.61 Å². The van der Waals surface area contributed by atoms with Crippen LogP contribution in [0.1, 0.15) is 56.4 Å². The molecule has 1 unspecified atom stereocenters. The molecule has 0 heterocycles. The molecule has 0 aliphatic carbocycles. The smallest absolute Gasteiger partial charge is 0.387 e. The highest BCUT2D eigenvalue weighted by Crippen LogP contribution is 2.21. The number of benzene rings is 2. The molecule has 0 saturated carbocycles. The van der Waals surface area contributed by atoms with Crippen LogP contribution in [-0.2, 0) is 11.3 Å². The summed E-state index contributed by atoms with van der Waals surface area (Å²) in [5.41, 5.74) is 0.579. The van der Waals surface area contributed by atoms with E-state index >= 15 is 0 Å². The number of halogens is 2. The first-order chi connectivity index (χ1) is 15.3. The maximum absolute atomic E-state index is 12.9. The number of hydrogen-bond donors (Lipinski definition) is 1. The molecule has 2 aromatic carbocycles. The number of carbonyl (C=O) groups is 4. The van der Waals surface area contributed by atoms with Gasteiger partial charge in [-0.2, -0.15) is 8.78 Å². The van der Waals surface area contributed by atoms with Crippen LogP contribution in [-0.4, -0.2) is 49.0 Å². The first kappa shape index (κ1) is 24.6. The maximum atomic E-state index is 12.9. The average molecular weight is 446 g/mol. The first-order valence-electron chi connectivity index (χ1n) is 9.90. The van der Waals surface area contributed by atoms with E-state index in [2.05, 4.69) is 10.1 Å². The highest BCUT2D eigenvalue weighted by Gasteiger charge is 2.22. The summed E-state index contributed by atoms with van der Waals surface area (Å²) in [6, 6.07) is 10.00. The van der Waals surface area contributed by atoms with Crippen LogP contribution < -0.4 is 10.1 Å².